The van der Waals surface area contributed by atoms with Crippen LogP contribution in [0, 0.1) is 0 Å². The van der Waals surface area contributed by atoms with Crippen molar-refractivity contribution in [3.05, 3.63) is 35.9 Å². The minimum atomic E-state index is -1.000. The van der Waals surface area contributed by atoms with Gasteiger partial charge < -0.3 is 9.47 Å². The van der Waals surface area contributed by atoms with Crippen LogP contribution >= 0.6 is 15.9 Å². The molecule has 1 aromatic rings. The number of benzene rings is 1. The van der Waals surface area contributed by atoms with Crippen LogP contribution in [0.15, 0.2) is 30.3 Å². The van der Waals surface area contributed by atoms with E-state index in [1.807, 2.05) is 30.3 Å². The Hall–Kier alpha value is -1.40. The molecule has 5 nitrogen and oxygen atoms in total. The normalized spacial score (nSPS) is 22.1. The lowest BCUT2D eigenvalue weighted by molar-refractivity contribution is -0.163. The van der Waals surface area contributed by atoms with E-state index in [0.29, 0.717) is 11.8 Å². The Labute approximate surface area is 119 Å². The average Bonchev–Trinajstić information content (AvgIpc) is 2.79. The predicted molar refractivity (Wildman–Crippen MR) is 71.5 cm³/mol. The van der Waals surface area contributed by atoms with E-state index in [-0.39, 0.29) is 6.61 Å². The summed E-state index contributed by atoms with van der Waals surface area (Å²) in [5.41, 5.74) is 0.886. The zero-order valence-electron chi connectivity index (χ0n) is 10.2. The third kappa shape index (κ3) is 3.78. The van der Waals surface area contributed by atoms with Crippen LogP contribution in [0.5, 0.6) is 0 Å². The number of carbonyl (C=O) groups excluding carboxylic acids is 2. The third-order valence-electron chi connectivity index (χ3n) is 2.71. The molecule has 0 aliphatic carbocycles. The number of cyclic esters (lactones) is 1. The van der Waals surface area contributed by atoms with Gasteiger partial charge in [-0.25, -0.2) is 4.79 Å². The molecule has 2 rings (SSSR count). The van der Waals surface area contributed by atoms with E-state index in [9.17, 15) is 9.59 Å². The van der Waals surface area contributed by atoms with Crippen LogP contribution in [0.25, 0.3) is 0 Å². The highest BCUT2D eigenvalue weighted by molar-refractivity contribution is 9.09. The lowest BCUT2D eigenvalue weighted by Gasteiger charge is -2.10. The smallest absolute Gasteiger partial charge is 0.363 e. The van der Waals surface area contributed by atoms with Gasteiger partial charge in [-0.15, -0.1) is 0 Å². The van der Waals surface area contributed by atoms with E-state index in [1.54, 1.807) is 0 Å². The molecule has 2 atom stereocenters. The van der Waals surface area contributed by atoms with E-state index in [1.165, 1.54) is 0 Å². The average molecular weight is 328 g/mol. The second-order valence-electron chi connectivity index (χ2n) is 4.11. The Morgan fingerprint density at radius 1 is 1.37 bits per heavy atom. The third-order valence-corrected chi connectivity index (χ3v) is 3.16. The lowest BCUT2D eigenvalue weighted by atomic mass is 10.2. The number of hydrogen-bond donors (Lipinski definition) is 1. The van der Waals surface area contributed by atoms with Crippen LogP contribution < -0.4 is 5.32 Å². The molecule has 0 bridgehead atoms. The molecular formula is C13H14BrNO4. The standard InChI is InChI=1S/C13H14BrNO4/c14-7-6-10-12(16)19-11(15-10)13(17)18-8-9-4-2-1-3-5-9/h1-5,10-11,15H,6-8H2. The molecule has 102 valence electrons. The first-order chi connectivity index (χ1) is 9.20. The number of ether oxygens (including phenoxy) is 2. The van der Waals surface area contributed by atoms with Crippen molar-refractivity contribution in [2.24, 2.45) is 0 Å². The first kappa shape index (κ1) is 14.0. The highest BCUT2D eigenvalue weighted by Gasteiger charge is 2.38. The Balaban J connectivity index is 1.83. The molecule has 1 aromatic carbocycles. The summed E-state index contributed by atoms with van der Waals surface area (Å²) in [7, 11) is 0. The number of alkyl halides is 1. The van der Waals surface area contributed by atoms with E-state index >= 15 is 0 Å². The lowest BCUT2D eigenvalue weighted by Crippen LogP contribution is -2.38. The number of halogens is 1. The predicted octanol–water partition coefficient (Wildman–Crippen LogP) is 1.36. The maximum Gasteiger partial charge on any atom is 0.363 e. The summed E-state index contributed by atoms with van der Waals surface area (Å²) in [5.74, 6) is -0.990. The summed E-state index contributed by atoms with van der Waals surface area (Å²) in [5, 5.41) is 3.46. The van der Waals surface area contributed by atoms with E-state index in [0.717, 1.165) is 5.56 Å². The molecule has 1 N–H and O–H groups in total. The van der Waals surface area contributed by atoms with Gasteiger partial charge in [-0.05, 0) is 12.0 Å². The highest BCUT2D eigenvalue weighted by Crippen LogP contribution is 2.12. The first-order valence-corrected chi connectivity index (χ1v) is 7.06. The summed E-state index contributed by atoms with van der Waals surface area (Å²) >= 11 is 3.24. The molecule has 1 aliphatic heterocycles. The van der Waals surface area contributed by atoms with Gasteiger partial charge >= 0.3 is 11.9 Å². The molecule has 19 heavy (non-hydrogen) atoms. The van der Waals surface area contributed by atoms with Gasteiger partial charge in [-0.3, -0.25) is 10.1 Å². The van der Waals surface area contributed by atoms with Crippen molar-refractivity contribution < 1.29 is 19.1 Å². The fourth-order valence-corrected chi connectivity index (χ4v) is 2.17. The summed E-state index contributed by atoms with van der Waals surface area (Å²) in [6.07, 6.45) is -0.429. The molecule has 6 heteroatoms. The van der Waals surface area contributed by atoms with Gasteiger partial charge in [0.05, 0.1) is 0 Å². The SMILES string of the molecule is O=C1OC(C(=O)OCc2ccccc2)NC1CCBr. The number of rotatable bonds is 5. The van der Waals surface area contributed by atoms with Crippen molar-refractivity contribution in [1.82, 2.24) is 5.32 Å². The maximum absolute atomic E-state index is 11.7. The van der Waals surface area contributed by atoms with Gasteiger partial charge in [0.2, 0.25) is 0 Å². The van der Waals surface area contributed by atoms with Crippen LogP contribution in [0.4, 0.5) is 0 Å². The minimum Gasteiger partial charge on any atom is -0.457 e. The van der Waals surface area contributed by atoms with Gasteiger partial charge in [-0.1, -0.05) is 46.3 Å². The van der Waals surface area contributed by atoms with Crippen molar-refractivity contribution in [1.29, 1.82) is 0 Å². The molecule has 1 aliphatic rings. The molecule has 1 heterocycles. The van der Waals surface area contributed by atoms with Crippen molar-refractivity contribution >= 4 is 27.9 Å². The molecule has 0 spiro atoms. The second kappa shape index (κ2) is 6.68. The molecule has 0 saturated carbocycles. The first-order valence-electron chi connectivity index (χ1n) is 5.94. The zero-order valence-corrected chi connectivity index (χ0v) is 11.8. The van der Waals surface area contributed by atoms with Crippen molar-refractivity contribution in [3.8, 4) is 0 Å². The van der Waals surface area contributed by atoms with Crippen LogP contribution in [0.2, 0.25) is 0 Å². The molecule has 1 fully saturated rings. The van der Waals surface area contributed by atoms with Crippen molar-refractivity contribution in [2.45, 2.75) is 25.3 Å². The summed E-state index contributed by atoms with van der Waals surface area (Å²) in [6, 6.07) is 8.88. The topological polar surface area (TPSA) is 64.6 Å². The Kier molecular flexibility index (Phi) is 4.93. The van der Waals surface area contributed by atoms with E-state index in [2.05, 4.69) is 21.2 Å². The van der Waals surface area contributed by atoms with Gasteiger partial charge in [0.25, 0.3) is 6.23 Å². The summed E-state index contributed by atoms with van der Waals surface area (Å²) in [6.45, 7) is 0.165. The van der Waals surface area contributed by atoms with E-state index in [4.69, 9.17) is 9.47 Å². The Bertz CT molecular complexity index is 451. The van der Waals surface area contributed by atoms with Crippen LogP contribution in [-0.4, -0.2) is 29.5 Å². The van der Waals surface area contributed by atoms with Gasteiger partial charge in [-0.2, -0.15) is 0 Å². The molecule has 2 unspecified atom stereocenters. The number of carbonyl (C=O) groups is 2. The number of nitrogens with one attached hydrogen (secondary N) is 1. The molecule has 1 saturated heterocycles. The summed E-state index contributed by atoms with van der Waals surface area (Å²) < 4.78 is 10.0. The zero-order chi connectivity index (χ0) is 13.7. The number of esters is 2. The van der Waals surface area contributed by atoms with Gasteiger partial charge in [0, 0.05) is 5.33 Å². The van der Waals surface area contributed by atoms with Gasteiger partial charge in [0.1, 0.15) is 12.6 Å². The molecular weight excluding hydrogens is 314 g/mol. The largest absolute Gasteiger partial charge is 0.457 e. The Morgan fingerprint density at radius 2 is 2.11 bits per heavy atom. The molecule has 0 amide bonds. The maximum atomic E-state index is 11.7. The van der Waals surface area contributed by atoms with Crippen molar-refractivity contribution in [2.75, 3.05) is 5.33 Å². The fraction of sp³-hybridized carbons (Fsp3) is 0.385. The second-order valence-corrected chi connectivity index (χ2v) is 4.90. The van der Waals surface area contributed by atoms with E-state index < -0.39 is 24.2 Å². The van der Waals surface area contributed by atoms with Crippen LogP contribution in [0.3, 0.4) is 0 Å². The molecule has 0 aromatic heterocycles. The highest BCUT2D eigenvalue weighted by atomic mass is 79.9. The minimum absolute atomic E-state index is 0.165. The monoisotopic (exact) mass is 327 g/mol. The van der Waals surface area contributed by atoms with Crippen LogP contribution in [0.1, 0.15) is 12.0 Å². The fourth-order valence-electron chi connectivity index (χ4n) is 1.71. The summed E-state index contributed by atoms with van der Waals surface area (Å²) in [4.78, 5) is 23.2. The van der Waals surface area contributed by atoms with Crippen molar-refractivity contribution in [3.63, 3.8) is 0 Å². The van der Waals surface area contributed by atoms with Gasteiger partial charge in [0.15, 0.2) is 0 Å². The number of hydrogen-bond acceptors (Lipinski definition) is 5. The quantitative estimate of drug-likeness (QED) is 0.653. The molecule has 0 radical (unpaired) electrons. The Morgan fingerprint density at radius 3 is 2.79 bits per heavy atom. The van der Waals surface area contributed by atoms with Crippen LogP contribution in [-0.2, 0) is 25.7 Å².